The zero-order valence-electron chi connectivity index (χ0n) is 10.00. The zero-order valence-corrected chi connectivity index (χ0v) is 10.00. The molecule has 0 bridgehead atoms. The molecule has 2 heterocycles. The number of pyridine rings is 1. The van der Waals surface area contributed by atoms with Crippen LogP contribution in [-0.4, -0.2) is 15.0 Å². The topological polar surface area (TPSA) is 64.7 Å². The SMILES string of the molecule is Nc1cnc(C(F)(F)F)nc1-c1ccc(C(F)(F)F)nc1. The summed E-state index contributed by atoms with van der Waals surface area (Å²) in [6.07, 6.45) is -7.95. The third kappa shape index (κ3) is 3.20. The molecule has 0 fully saturated rings. The van der Waals surface area contributed by atoms with Gasteiger partial charge in [-0.1, -0.05) is 0 Å². The molecule has 112 valence electrons. The Morgan fingerprint density at radius 2 is 1.52 bits per heavy atom. The first-order chi connectivity index (χ1) is 9.59. The highest BCUT2D eigenvalue weighted by Crippen LogP contribution is 2.32. The van der Waals surface area contributed by atoms with Crippen molar-refractivity contribution in [3.63, 3.8) is 0 Å². The summed E-state index contributed by atoms with van der Waals surface area (Å²) in [7, 11) is 0. The van der Waals surface area contributed by atoms with Crippen LogP contribution >= 0.6 is 0 Å². The van der Waals surface area contributed by atoms with Crippen LogP contribution in [-0.2, 0) is 12.4 Å². The minimum absolute atomic E-state index is 0.0756. The second-order valence-corrected chi connectivity index (χ2v) is 3.93. The molecule has 0 unspecified atom stereocenters. The van der Waals surface area contributed by atoms with Gasteiger partial charge in [-0.15, -0.1) is 0 Å². The second kappa shape index (κ2) is 4.86. The molecule has 21 heavy (non-hydrogen) atoms. The molecule has 0 radical (unpaired) electrons. The van der Waals surface area contributed by atoms with Gasteiger partial charge in [-0.05, 0) is 12.1 Å². The fraction of sp³-hybridized carbons (Fsp3) is 0.182. The highest BCUT2D eigenvalue weighted by atomic mass is 19.4. The van der Waals surface area contributed by atoms with E-state index in [0.29, 0.717) is 6.07 Å². The van der Waals surface area contributed by atoms with Crippen molar-refractivity contribution in [2.24, 2.45) is 0 Å². The number of alkyl halides is 6. The summed E-state index contributed by atoms with van der Waals surface area (Å²) in [6, 6.07) is 1.57. The van der Waals surface area contributed by atoms with E-state index in [2.05, 4.69) is 15.0 Å². The first-order valence-corrected chi connectivity index (χ1v) is 5.32. The molecule has 2 aromatic heterocycles. The smallest absolute Gasteiger partial charge is 0.396 e. The Morgan fingerprint density at radius 3 is 2.00 bits per heavy atom. The van der Waals surface area contributed by atoms with E-state index in [9.17, 15) is 26.3 Å². The second-order valence-electron chi connectivity index (χ2n) is 3.93. The molecule has 0 atom stereocenters. The van der Waals surface area contributed by atoms with E-state index in [1.54, 1.807) is 0 Å². The Hall–Kier alpha value is -2.39. The maximum absolute atomic E-state index is 12.5. The predicted octanol–water partition coefficient (Wildman–Crippen LogP) is 3.16. The third-order valence-corrected chi connectivity index (χ3v) is 2.40. The molecule has 4 nitrogen and oxygen atoms in total. The molecular formula is C11H6F6N4. The van der Waals surface area contributed by atoms with Crippen molar-refractivity contribution in [3.05, 3.63) is 36.0 Å². The minimum atomic E-state index is -4.79. The molecule has 0 aromatic carbocycles. The maximum atomic E-state index is 12.5. The lowest BCUT2D eigenvalue weighted by Gasteiger charge is -2.10. The fourth-order valence-electron chi connectivity index (χ4n) is 1.46. The third-order valence-electron chi connectivity index (χ3n) is 2.40. The molecule has 0 saturated carbocycles. The molecule has 10 heteroatoms. The van der Waals surface area contributed by atoms with Crippen molar-refractivity contribution in [2.75, 3.05) is 5.73 Å². The average Bonchev–Trinajstić information content (AvgIpc) is 2.37. The largest absolute Gasteiger partial charge is 0.451 e. The van der Waals surface area contributed by atoms with E-state index in [1.807, 2.05) is 0 Å². The quantitative estimate of drug-likeness (QED) is 0.822. The Bertz CT molecular complexity index is 647. The van der Waals surface area contributed by atoms with Crippen LogP contribution in [0.3, 0.4) is 0 Å². The lowest BCUT2D eigenvalue weighted by atomic mass is 10.1. The zero-order chi connectivity index (χ0) is 15.8. The van der Waals surface area contributed by atoms with Gasteiger partial charge in [0.05, 0.1) is 17.6 Å². The predicted molar refractivity (Wildman–Crippen MR) is 59.7 cm³/mol. The van der Waals surface area contributed by atoms with Gasteiger partial charge in [0.15, 0.2) is 0 Å². The van der Waals surface area contributed by atoms with Crippen molar-refractivity contribution in [3.8, 4) is 11.3 Å². The molecule has 0 amide bonds. The van der Waals surface area contributed by atoms with Gasteiger partial charge in [-0.3, -0.25) is 4.98 Å². The highest BCUT2D eigenvalue weighted by Gasteiger charge is 2.35. The lowest BCUT2D eigenvalue weighted by Crippen LogP contribution is -2.12. The van der Waals surface area contributed by atoms with Gasteiger partial charge >= 0.3 is 12.4 Å². The van der Waals surface area contributed by atoms with Crippen molar-refractivity contribution in [2.45, 2.75) is 12.4 Å². The summed E-state index contributed by atoms with van der Waals surface area (Å²) in [4.78, 5) is 9.39. The van der Waals surface area contributed by atoms with Gasteiger partial charge in [-0.25, -0.2) is 9.97 Å². The van der Waals surface area contributed by atoms with E-state index in [1.165, 1.54) is 0 Å². The minimum Gasteiger partial charge on any atom is -0.396 e. The van der Waals surface area contributed by atoms with Crippen molar-refractivity contribution in [1.82, 2.24) is 15.0 Å². The summed E-state index contributed by atoms with van der Waals surface area (Å²) in [5.41, 5.74) is 3.66. The number of nitrogens with two attached hydrogens (primary N) is 1. The molecule has 0 aliphatic heterocycles. The van der Waals surface area contributed by atoms with Gasteiger partial charge in [0.25, 0.3) is 0 Å². The monoisotopic (exact) mass is 308 g/mol. The van der Waals surface area contributed by atoms with Gasteiger partial charge in [-0.2, -0.15) is 26.3 Å². The molecule has 0 spiro atoms. The number of nitrogen functional groups attached to an aromatic ring is 1. The Morgan fingerprint density at radius 1 is 0.857 bits per heavy atom. The fourth-order valence-corrected chi connectivity index (χ4v) is 1.46. The van der Waals surface area contributed by atoms with E-state index >= 15 is 0 Å². The van der Waals surface area contributed by atoms with Crippen molar-refractivity contribution < 1.29 is 26.3 Å². The summed E-state index contributed by atoms with van der Waals surface area (Å²) < 4.78 is 74.6. The molecule has 0 saturated heterocycles. The number of aromatic nitrogens is 3. The van der Waals surface area contributed by atoms with Crippen LogP contribution in [0.2, 0.25) is 0 Å². The Labute approximate surface area is 113 Å². The van der Waals surface area contributed by atoms with Crippen LogP contribution < -0.4 is 5.73 Å². The average molecular weight is 308 g/mol. The van der Waals surface area contributed by atoms with E-state index in [0.717, 1.165) is 18.5 Å². The molecule has 0 aliphatic carbocycles. The number of rotatable bonds is 1. The van der Waals surface area contributed by atoms with Crippen LogP contribution in [0.15, 0.2) is 24.5 Å². The number of hydrogen-bond acceptors (Lipinski definition) is 4. The van der Waals surface area contributed by atoms with Crippen LogP contribution in [0.5, 0.6) is 0 Å². The van der Waals surface area contributed by atoms with Crippen molar-refractivity contribution in [1.29, 1.82) is 0 Å². The summed E-state index contributed by atoms with van der Waals surface area (Å²) in [5, 5.41) is 0. The summed E-state index contributed by atoms with van der Waals surface area (Å²) in [5.74, 6) is -1.44. The Kier molecular flexibility index (Phi) is 3.47. The number of anilines is 1. The number of halogens is 6. The molecular weight excluding hydrogens is 302 g/mol. The van der Waals surface area contributed by atoms with E-state index in [4.69, 9.17) is 5.73 Å². The summed E-state index contributed by atoms with van der Waals surface area (Å²) >= 11 is 0. The maximum Gasteiger partial charge on any atom is 0.451 e. The summed E-state index contributed by atoms with van der Waals surface area (Å²) in [6.45, 7) is 0. The van der Waals surface area contributed by atoms with E-state index < -0.39 is 23.9 Å². The van der Waals surface area contributed by atoms with E-state index in [-0.39, 0.29) is 16.9 Å². The van der Waals surface area contributed by atoms with Crippen LogP contribution in [0, 0.1) is 0 Å². The van der Waals surface area contributed by atoms with Gasteiger partial charge in [0, 0.05) is 11.8 Å². The van der Waals surface area contributed by atoms with Gasteiger partial charge in [0.2, 0.25) is 5.82 Å². The van der Waals surface area contributed by atoms with Gasteiger partial charge in [0.1, 0.15) is 5.69 Å². The first-order valence-electron chi connectivity index (χ1n) is 5.32. The van der Waals surface area contributed by atoms with Crippen LogP contribution in [0.4, 0.5) is 32.0 Å². The van der Waals surface area contributed by atoms with Crippen molar-refractivity contribution >= 4 is 5.69 Å². The lowest BCUT2D eigenvalue weighted by molar-refractivity contribution is -0.145. The first kappa shape index (κ1) is 15.0. The molecule has 2 rings (SSSR count). The molecule has 2 N–H and O–H groups in total. The number of hydrogen-bond donors (Lipinski definition) is 1. The van der Waals surface area contributed by atoms with Crippen LogP contribution in [0.25, 0.3) is 11.3 Å². The molecule has 0 aliphatic rings. The molecule has 2 aromatic rings. The standard InChI is InChI=1S/C11H6F6N4/c12-10(13,14)7-2-1-5(3-19-7)8-6(18)4-20-9(21-8)11(15,16)17/h1-4H,18H2. The Balaban J connectivity index is 2.47. The highest BCUT2D eigenvalue weighted by molar-refractivity contribution is 5.71. The van der Waals surface area contributed by atoms with Crippen LogP contribution in [0.1, 0.15) is 11.5 Å². The number of nitrogens with zero attached hydrogens (tertiary/aromatic N) is 3. The van der Waals surface area contributed by atoms with Gasteiger partial charge < -0.3 is 5.73 Å². The normalized spacial score (nSPS) is 12.5.